The fourth-order valence-electron chi connectivity index (χ4n) is 13.9. The molecule has 6 aliphatic heterocycles. The number of carbonyl (C=O) groups excluding carboxylic acids is 5. The molecule has 0 bridgehead atoms. The van der Waals surface area contributed by atoms with Crippen molar-refractivity contribution in [3.05, 3.63) is 70.2 Å². The maximum absolute atomic E-state index is 15.8. The van der Waals surface area contributed by atoms with Crippen LogP contribution in [0.5, 0.6) is 23.0 Å². The first-order valence-corrected chi connectivity index (χ1v) is 26.8. The summed E-state index contributed by atoms with van der Waals surface area (Å²) in [4.78, 5) is 75.0. The second-order valence-electron chi connectivity index (χ2n) is 23.2. The van der Waals surface area contributed by atoms with Crippen molar-refractivity contribution < 1.29 is 86.7 Å². The molecule has 2 aromatic rings. The molecule has 10 atom stereocenters. The van der Waals surface area contributed by atoms with E-state index < -0.39 is 101 Å². The van der Waals surface area contributed by atoms with Crippen molar-refractivity contribution in [1.82, 2.24) is 9.80 Å². The lowest BCUT2D eigenvalue weighted by Gasteiger charge is -2.42. The van der Waals surface area contributed by atoms with Crippen LogP contribution in [-0.4, -0.2) is 156 Å². The Morgan fingerprint density at radius 1 is 0.701 bits per heavy atom. The summed E-state index contributed by atoms with van der Waals surface area (Å²) in [6.07, 6.45) is 3.06. The summed E-state index contributed by atoms with van der Waals surface area (Å²) in [5, 5.41) is 34.7. The Morgan fingerprint density at radius 3 is 1.70 bits per heavy atom. The monoisotopic (exact) mass is 1070 g/mol. The van der Waals surface area contributed by atoms with Gasteiger partial charge in [0.05, 0.1) is 75.7 Å². The molecule has 20 nitrogen and oxygen atoms in total. The molecule has 0 aromatic heterocycles. The molecule has 77 heavy (non-hydrogen) atoms. The fraction of sp³-hybridized carbons (Fsp3) is 0.632. The molecule has 2 aromatic carbocycles. The van der Waals surface area contributed by atoms with Gasteiger partial charge in [-0.15, -0.1) is 0 Å². The minimum atomic E-state index is -2.35. The normalized spacial score (nSPS) is 29.0. The van der Waals surface area contributed by atoms with Crippen molar-refractivity contribution >= 4 is 29.8 Å². The van der Waals surface area contributed by atoms with Gasteiger partial charge in [-0.2, -0.15) is 0 Å². The number of rotatable bonds is 18. The number of fused-ring (bicyclic) bond motifs is 6. The van der Waals surface area contributed by atoms with Crippen molar-refractivity contribution in [3.8, 4) is 23.0 Å². The first-order chi connectivity index (χ1) is 36.6. The van der Waals surface area contributed by atoms with E-state index in [9.17, 15) is 34.5 Å². The van der Waals surface area contributed by atoms with E-state index in [1.807, 2.05) is 55.2 Å². The summed E-state index contributed by atoms with van der Waals surface area (Å²) in [6, 6.07) is 7.26. The van der Waals surface area contributed by atoms with E-state index in [0.29, 0.717) is 67.4 Å². The minimum absolute atomic E-state index is 0.00447. The third-order valence-corrected chi connectivity index (χ3v) is 17.6. The molecule has 10 rings (SSSR count). The van der Waals surface area contributed by atoms with Crippen molar-refractivity contribution in [2.75, 3.05) is 55.1 Å². The molecule has 2 saturated heterocycles. The molecular weight excluding hydrogens is 1000 g/mol. The number of carbonyl (C=O) groups is 5. The van der Waals surface area contributed by atoms with E-state index in [-0.39, 0.29) is 69.8 Å². The summed E-state index contributed by atoms with van der Waals surface area (Å²) < 4.78 is 58.7. The molecule has 2 aliphatic carbocycles. The van der Waals surface area contributed by atoms with E-state index >= 15 is 4.79 Å². The predicted octanol–water partition coefficient (Wildman–Crippen LogP) is 4.79. The maximum Gasteiger partial charge on any atom is 0.339 e. The standard InChI is InChI=1S/C57H72N2O18/c1-31(2)10-17-57(67,28-45(61)71-8)52(64)76-48-42(68-5)25-54-16-11-37(58(54)18-12-32-20-38-40(74-29-72-38)22-34(32)46(48)54)36-24-55-26-43(69-6)49(77-51(63)56(66,27-44(60)70-7)15-9-14-53(3,4)65)47(55)35-23-41-39(73-30-75-41)21-33(35)13-19-59(55)50(36)62/h20-23,25-26,31,36-37,46-49,65-67H,9-19,24,27-30H2,1-8H3. The van der Waals surface area contributed by atoms with Gasteiger partial charge in [-0.25, -0.2) is 9.59 Å². The van der Waals surface area contributed by atoms with E-state index in [0.717, 1.165) is 29.4 Å². The Hall–Kier alpha value is -6.09. The van der Waals surface area contributed by atoms with Crippen LogP contribution in [0.15, 0.2) is 47.9 Å². The number of hydrogen-bond donors (Lipinski definition) is 3. The van der Waals surface area contributed by atoms with Crippen LogP contribution in [0.3, 0.4) is 0 Å². The molecule has 2 spiro atoms. The lowest BCUT2D eigenvalue weighted by atomic mass is 9.75. The summed E-state index contributed by atoms with van der Waals surface area (Å²) in [5.74, 6) is -3.05. The van der Waals surface area contributed by atoms with Gasteiger partial charge in [0, 0.05) is 19.1 Å². The average molecular weight is 1070 g/mol. The molecule has 8 aliphatic rings. The Balaban J connectivity index is 1.03. The van der Waals surface area contributed by atoms with Gasteiger partial charge < -0.3 is 67.6 Å². The van der Waals surface area contributed by atoms with Crippen LogP contribution < -0.4 is 18.9 Å². The van der Waals surface area contributed by atoms with E-state index in [1.54, 1.807) is 13.8 Å². The van der Waals surface area contributed by atoms with Crippen molar-refractivity contribution in [3.63, 3.8) is 0 Å². The van der Waals surface area contributed by atoms with Gasteiger partial charge in [0.15, 0.2) is 46.4 Å². The number of nitrogens with zero attached hydrogens (tertiary/aromatic N) is 2. The lowest BCUT2D eigenvalue weighted by Crippen LogP contribution is -2.53. The summed E-state index contributed by atoms with van der Waals surface area (Å²) in [7, 11) is 5.33. The largest absolute Gasteiger partial charge is 0.497 e. The van der Waals surface area contributed by atoms with Gasteiger partial charge in [-0.1, -0.05) is 13.8 Å². The van der Waals surface area contributed by atoms with Gasteiger partial charge >= 0.3 is 23.9 Å². The van der Waals surface area contributed by atoms with Crippen LogP contribution in [0, 0.1) is 11.8 Å². The first-order valence-electron chi connectivity index (χ1n) is 26.8. The lowest BCUT2D eigenvalue weighted by molar-refractivity contribution is -0.178. The van der Waals surface area contributed by atoms with Gasteiger partial charge in [0.25, 0.3) is 0 Å². The highest BCUT2D eigenvalue weighted by Crippen LogP contribution is 2.62. The second kappa shape index (κ2) is 20.3. The number of amides is 1. The molecule has 6 heterocycles. The Kier molecular flexibility index (Phi) is 14.3. The van der Waals surface area contributed by atoms with Gasteiger partial charge in [-0.3, -0.25) is 19.3 Å². The van der Waals surface area contributed by atoms with Crippen LogP contribution >= 0.6 is 0 Å². The fourth-order valence-corrected chi connectivity index (χ4v) is 13.9. The topological polar surface area (TPSA) is 245 Å². The van der Waals surface area contributed by atoms with Gasteiger partial charge in [-0.05, 0) is 143 Å². The number of hydrogen-bond acceptors (Lipinski definition) is 19. The minimum Gasteiger partial charge on any atom is -0.497 e. The van der Waals surface area contributed by atoms with Crippen LogP contribution in [0.2, 0.25) is 0 Å². The highest BCUT2D eigenvalue weighted by atomic mass is 16.7. The highest BCUT2D eigenvalue weighted by Gasteiger charge is 2.68. The van der Waals surface area contributed by atoms with Crippen molar-refractivity contribution in [2.45, 2.75) is 163 Å². The van der Waals surface area contributed by atoms with Crippen molar-refractivity contribution in [2.24, 2.45) is 11.8 Å². The molecule has 1 amide bonds. The van der Waals surface area contributed by atoms with Crippen LogP contribution in [0.4, 0.5) is 0 Å². The Bertz CT molecular complexity index is 2770. The zero-order valence-electron chi connectivity index (χ0n) is 45.2. The number of methoxy groups -OCH3 is 4. The van der Waals surface area contributed by atoms with Crippen LogP contribution in [0.1, 0.15) is 126 Å². The first kappa shape index (κ1) is 54.3. The van der Waals surface area contributed by atoms with Gasteiger partial charge in [0.1, 0.15) is 11.5 Å². The maximum atomic E-state index is 15.8. The molecule has 2 fully saturated rings. The third kappa shape index (κ3) is 9.43. The number of ether oxygens (including phenoxy) is 10. The van der Waals surface area contributed by atoms with E-state index in [1.165, 1.54) is 21.3 Å². The summed E-state index contributed by atoms with van der Waals surface area (Å²) >= 11 is 0. The SMILES string of the molecule is COC(=O)CC(O)(CCCC(C)(C)O)C(=O)OC1C(OC)=CC23CC(C4CCC56C=C(OC)C(OC(=O)C(O)(CCC(C)C)CC(=O)OC)C5c5cc7c(cc5CCN46)OCO7)C(=O)N2CCc2cc4c(cc2C13)OCO4. The van der Waals surface area contributed by atoms with E-state index in [4.69, 9.17) is 47.4 Å². The smallest absolute Gasteiger partial charge is 0.339 e. The molecule has 10 unspecified atom stereocenters. The highest BCUT2D eigenvalue weighted by molar-refractivity contribution is 5.88. The molecule has 3 N–H and O–H groups in total. The second-order valence-corrected chi connectivity index (χ2v) is 23.2. The number of benzene rings is 2. The Labute approximate surface area is 447 Å². The zero-order valence-corrected chi connectivity index (χ0v) is 45.2. The molecular formula is C57H72N2O18. The Morgan fingerprint density at radius 2 is 1.19 bits per heavy atom. The predicted molar refractivity (Wildman–Crippen MR) is 270 cm³/mol. The third-order valence-electron chi connectivity index (χ3n) is 17.6. The average Bonchev–Trinajstić information content (AvgIpc) is 4.43. The van der Waals surface area contributed by atoms with Crippen LogP contribution in [0.25, 0.3) is 0 Å². The summed E-state index contributed by atoms with van der Waals surface area (Å²) in [6.45, 7) is 7.93. The quantitative estimate of drug-likeness (QED) is 0.134. The number of esters is 4. The summed E-state index contributed by atoms with van der Waals surface area (Å²) in [5.41, 5.74) is -4.40. The molecule has 0 saturated carbocycles. The van der Waals surface area contributed by atoms with E-state index in [2.05, 4.69) is 4.90 Å². The number of aliphatic hydroxyl groups is 3. The molecule has 418 valence electrons. The molecule has 0 radical (unpaired) electrons. The zero-order chi connectivity index (χ0) is 55.0. The van der Waals surface area contributed by atoms with Crippen molar-refractivity contribution in [1.29, 1.82) is 0 Å². The molecule has 20 heteroatoms. The van der Waals surface area contributed by atoms with Crippen LogP contribution in [-0.2, 0) is 65.2 Å². The van der Waals surface area contributed by atoms with Gasteiger partial charge in [0.2, 0.25) is 19.5 Å².